The van der Waals surface area contributed by atoms with Crippen LogP contribution in [-0.2, 0) is 10.8 Å². The number of hydrogen-bond donors (Lipinski definition) is 2. The van der Waals surface area contributed by atoms with Crippen molar-refractivity contribution in [2.45, 2.75) is 36.0 Å². The van der Waals surface area contributed by atoms with Gasteiger partial charge in [0.05, 0.1) is 0 Å². The molecule has 0 aliphatic carbocycles. The minimum absolute atomic E-state index is 0.00711. The van der Waals surface area contributed by atoms with Crippen LogP contribution in [0.2, 0.25) is 20.1 Å². The molecule has 34 heavy (non-hydrogen) atoms. The van der Waals surface area contributed by atoms with Crippen molar-refractivity contribution in [2.75, 3.05) is 26.2 Å². The Balaban J connectivity index is 0.000000191. The van der Waals surface area contributed by atoms with E-state index in [4.69, 9.17) is 46.4 Å². The predicted molar refractivity (Wildman–Crippen MR) is 123 cm³/mol. The fourth-order valence-corrected chi connectivity index (χ4v) is 5.40. The standard InChI is InChI=1S/2C11H10Cl2F3N/c2*12-8-3-7(4-9(13)5-8)10(11(14,15)16)1-2-17-6-10/h2*3-5,17H,1-2,6H2/t2*10-/m10/s1. The summed E-state index contributed by atoms with van der Waals surface area (Å²) in [7, 11) is 0. The zero-order chi connectivity index (χ0) is 25.4. The predicted octanol–water partition coefficient (Wildman–Crippen LogP) is 7.57. The Morgan fingerprint density at radius 1 is 0.559 bits per heavy atom. The molecule has 2 fully saturated rings. The molecule has 2 heterocycles. The quantitative estimate of drug-likeness (QED) is 0.366. The normalized spacial score (nSPS) is 25.2. The van der Waals surface area contributed by atoms with Crippen LogP contribution in [0.5, 0.6) is 0 Å². The van der Waals surface area contributed by atoms with E-state index in [9.17, 15) is 26.3 Å². The zero-order valence-corrected chi connectivity index (χ0v) is 20.5. The molecule has 2 nitrogen and oxygen atoms in total. The number of nitrogens with one attached hydrogen (secondary N) is 2. The molecule has 2 aliphatic rings. The maximum absolute atomic E-state index is 13.2. The van der Waals surface area contributed by atoms with Gasteiger partial charge in [-0.2, -0.15) is 26.3 Å². The third-order valence-electron chi connectivity index (χ3n) is 6.23. The topological polar surface area (TPSA) is 24.1 Å². The number of benzene rings is 2. The number of halogens is 10. The van der Waals surface area contributed by atoms with Crippen molar-refractivity contribution in [1.29, 1.82) is 0 Å². The highest BCUT2D eigenvalue weighted by molar-refractivity contribution is 6.35. The molecular formula is C22H20Cl4F6N2. The molecule has 0 unspecified atom stereocenters. The first kappa shape index (κ1) is 27.7. The molecule has 2 aromatic carbocycles. The summed E-state index contributed by atoms with van der Waals surface area (Å²) in [5.41, 5.74) is -3.48. The van der Waals surface area contributed by atoms with E-state index in [1.54, 1.807) is 0 Å². The summed E-state index contributed by atoms with van der Waals surface area (Å²) in [5, 5.41) is 6.40. The van der Waals surface area contributed by atoms with Gasteiger partial charge in [0.15, 0.2) is 0 Å². The van der Waals surface area contributed by atoms with Crippen LogP contribution >= 0.6 is 46.4 Å². The monoisotopic (exact) mass is 566 g/mol. The van der Waals surface area contributed by atoms with Gasteiger partial charge in [-0.1, -0.05) is 46.4 Å². The van der Waals surface area contributed by atoms with E-state index in [1.165, 1.54) is 36.4 Å². The molecule has 2 aromatic rings. The van der Waals surface area contributed by atoms with Crippen LogP contribution < -0.4 is 10.6 Å². The Kier molecular flexibility index (Phi) is 8.33. The Hall–Kier alpha value is -0.900. The van der Waals surface area contributed by atoms with Crippen LogP contribution in [0.1, 0.15) is 24.0 Å². The second kappa shape index (κ2) is 10.2. The maximum atomic E-state index is 13.2. The van der Waals surface area contributed by atoms with Gasteiger partial charge in [-0.15, -0.1) is 0 Å². The molecule has 12 heteroatoms. The molecule has 188 valence electrons. The van der Waals surface area contributed by atoms with Crippen molar-refractivity contribution in [3.05, 3.63) is 67.6 Å². The number of rotatable bonds is 2. The summed E-state index contributed by atoms with van der Waals surface area (Å²) in [5.74, 6) is 0. The minimum atomic E-state index is -4.31. The Labute approximate surface area is 212 Å². The van der Waals surface area contributed by atoms with Crippen LogP contribution in [0.15, 0.2) is 36.4 Å². The summed E-state index contributed by atoms with van der Waals surface area (Å²) in [6.45, 7) is 0.410. The summed E-state index contributed by atoms with van der Waals surface area (Å²) < 4.78 is 79.4. The Morgan fingerprint density at radius 2 is 0.853 bits per heavy atom. The fourth-order valence-electron chi connectivity index (χ4n) is 4.35. The zero-order valence-electron chi connectivity index (χ0n) is 17.5. The molecule has 2 atom stereocenters. The van der Waals surface area contributed by atoms with E-state index >= 15 is 0 Å². The molecule has 0 aromatic heterocycles. The lowest BCUT2D eigenvalue weighted by atomic mass is 9.79. The third-order valence-corrected chi connectivity index (χ3v) is 7.10. The first-order valence-corrected chi connectivity index (χ1v) is 11.7. The van der Waals surface area contributed by atoms with Gasteiger partial charge in [0.25, 0.3) is 0 Å². The molecule has 0 spiro atoms. The van der Waals surface area contributed by atoms with Crippen molar-refractivity contribution in [1.82, 2.24) is 10.6 Å². The van der Waals surface area contributed by atoms with Gasteiger partial charge in [0, 0.05) is 33.2 Å². The van der Waals surface area contributed by atoms with Crippen molar-refractivity contribution in [2.24, 2.45) is 0 Å². The SMILES string of the molecule is FC(F)(F)[C@@]1(c2cc(Cl)cc(Cl)c2)CCNC1.FC(F)(F)[C@]1(c2cc(Cl)cc(Cl)c2)CCNC1. The van der Waals surface area contributed by atoms with Gasteiger partial charge >= 0.3 is 12.4 Å². The second-order valence-electron chi connectivity index (χ2n) is 8.33. The lowest BCUT2D eigenvalue weighted by Gasteiger charge is -2.31. The smallest absolute Gasteiger partial charge is 0.315 e. The van der Waals surface area contributed by atoms with E-state index in [1.807, 2.05) is 0 Å². The van der Waals surface area contributed by atoms with Gasteiger partial charge in [-0.05, 0) is 73.5 Å². The third kappa shape index (κ3) is 5.57. The van der Waals surface area contributed by atoms with Gasteiger partial charge in [-0.3, -0.25) is 0 Å². The molecular weight excluding hydrogens is 548 g/mol. The summed E-state index contributed by atoms with van der Waals surface area (Å²) in [6, 6.07) is 8.22. The van der Waals surface area contributed by atoms with Gasteiger partial charge in [0.1, 0.15) is 10.8 Å². The van der Waals surface area contributed by atoms with E-state index in [0.717, 1.165) is 0 Å². The summed E-state index contributed by atoms with van der Waals surface area (Å²) in [6.07, 6.45) is -8.62. The highest BCUT2D eigenvalue weighted by atomic mass is 35.5. The Bertz CT molecular complexity index is 891. The van der Waals surface area contributed by atoms with Crippen LogP contribution in [0.25, 0.3) is 0 Å². The molecule has 0 bridgehead atoms. The van der Waals surface area contributed by atoms with E-state index in [0.29, 0.717) is 13.1 Å². The average molecular weight is 568 g/mol. The number of alkyl halides is 6. The van der Waals surface area contributed by atoms with E-state index in [2.05, 4.69) is 10.6 Å². The van der Waals surface area contributed by atoms with Gasteiger partial charge < -0.3 is 10.6 Å². The van der Waals surface area contributed by atoms with Crippen molar-refractivity contribution in [3.8, 4) is 0 Å². The fraction of sp³-hybridized carbons (Fsp3) is 0.455. The number of hydrogen-bond acceptors (Lipinski definition) is 2. The molecule has 2 N–H and O–H groups in total. The highest BCUT2D eigenvalue weighted by Gasteiger charge is 2.58. The van der Waals surface area contributed by atoms with Gasteiger partial charge in [-0.25, -0.2) is 0 Å². The van der Waals surface area contributed by atoms with E-state index in [-0.39, 0.29) is 57.1 Å². The van der Waals surface area contributed by atoms with Crippen LogP contribution in [0.4, 0.5) is 26.3 Å². The lowest BCUT2D eigenvalue weighted by Crippen LogP contribution is -2.44. The molecule has 0 saturated carbocycles. The van der Waals surface area contributed by atoms with Crippen molar-refractivity contribution in [3.63, 3.8) is 0 Å². The molecule has 2 aliphatic heterocycles. The molecule has 0 amide bonds. The van der Waals surface area contributed by atoms with E-state index < -0.39 is 23.2 Å². The maximum Gasteiger partial charge on any atom is 0.399 e. The molecule has 4 rings (SSSR count). The molecule has 0 radical (unpaired) electrons. The van der Waals surface area contributed by atoms with Crippen LogP contribution in [0.3, 0.4) is 0 Å². The second-order valence-corrected chi connectivity index (χ2v) is 10.1. The molecule has 2 saturated heterocycles. The first-order chi connectivity index (χ1) is 15.7. The van der Waals surface area contributed by atoms with Gasteiger partial charge in [0.2, 0.25) is 0 Å². The minimum Gasteiger partial charge on any atom is -0.315 e. The van der Waals surface area contributed by atoms with Crippen molar-refractivity contribution >= 4 is 46.4 Å². The Morgan fingerprint density at radius 3 is 1.06 bits per heavy atom. The van der Waals surface area contributed by atoms with Crippen molar-refractivity contribution < 1.29 is 26.3 Å². The van der Waals surface area contributed by atoms with Crippen LogP contribution in [-0.4, -0.2) is 38.5 Å². The largest absolute Gasteiger partial charge is 0.399 e. The lowest BCUT2D eigenvalue weighted by molar-refractivity contribution is -0.185. The summed E-state index contributed by atoms with van der Waals surface area (Å²) >= 11 is 23.1. The average Bonchev–Trinajstić information content (AvgIpc) is 3.37. The van der Waals surface area contributed by atoms with Crippen LogP contribution in [0, 0.1) is 0 Å². The highest BCUT2D eigenvalue weighted by Crippen LogP contribution is 2.47. The first-order valence-electron chi connectivity index (χ1n) is 10.2. The summed E-state index contributed by atoms with van der Waals surface area (Å²) in [4.78, 5) is 0.